The lowest BCUT2D eigenvalue weighted by Crippen LogP contribution is -2.03. The SMILES string of the molecule is CC(C)CCCC(C)CCCC(C)CCCC(C)CCCC(C)CCCC(C)CCc1cc(O)c(O)c(O)c1O. The lowest BCUT2D eigenvalue weighted by atomic mass is 9.89. The van der Waals surface area contributed by atoms with Crippen molar-refractivity contribution in [2.75, 3.05) is 0 Å². The number of hydrogen-bond acceptors (Lipinski definition) is 4. The molecule has 0 radical (unpaired) electrons. The first-order valence-electron chi connectivity index (χ1n) is 16.9. The zero-order valence-corrected chi connectivity index (χ0v) is 27.4. The van der Waals surface area contributed by atoms with Crippen LogP contribution >= 0.6 is 0 Å². The topological polar surface area (TPSA) is 80.9 Å². The van der Waals surface area contributed by atoms with E-state index in [0.29, 0.717) is 17.9 Å². The van der Waals surface area contributed by atoms with Crippen molar-refractivity contribution in [2.24, 2.45) is 35.5 Å². The zero-order chi connectivity index (χ0) is 30.1. The molecule has 234 valence electrons. The van der Waals surface area contributed by atoms with E-state index in [9.17, 15) is 20.4 Å². The van der Waals surface area contributed by atoms with Crippen molar-refractivity contribution in [1.29, 1.82) is 0 Å². The average molecular weight is 563 g/mol. The highest BCUT2D eigenvalue weighted by atomic mass is 16.3. The van der Waals surface area contributed by atoms with E-state index in [1.54, 1.807) is 0 Å². The molecule has 0 amide bonds. The van der Waals surface area contributed by atoms with Gasteiger partial charge in [-0.3, -0.25) is 0 Å². The van der Waals surface area contributed by atoms with Crippen molar-refractivity contribution in [3.8, 4) is 23.0 Å². The molecule has 5 unspecified atom stereocenters. The molecule has 4 N–H and O–H groups in total. The molecule has 0 aromatic heterocycles. The molecule has 0 aliphatic heterocycles. The summed E-state index contributed by atoms with van der Waals surface area (Å²) in [4.78, 5) is 0. The Morgan fingerprint density at radius 2 is 0.750 bits per heavy atom. The predicted molar refractivity (Wildman–Crippen MR) is 171 cm³/mol. The molecule has 0 heterocycles. The Labute approximate surface area is 248 Å². The van der Waals surface area contributed by atoms with Gasteiger partial charge in [-0.1, -0.05) is 145 Å². The molecule has 0 fully saturated rings. The van der Waals surface area contributed by atoms with Crippen molar-refractivity contribution in [1.82, 2.24) is 0 Å². The Bertz CT molecular complexity index is 789. The van der Waals surface area contributed by atoms with Crippen LogP contribution < -0.4 is 0 Å². The van der Waals surface area contributed by atoms with Crippen LogP contribution in [0.3, 0.4) is 0 Å². The minimum atomic E-state index is -0.661. The number of hydrogen-bond donors (Lipinski definition) is 4. The monoisotopic (exact) mass is 562 g/mol. The summed E-state index contributed by atoms with van der Waals surface area (Å²) in [5, 5.41) is 38.9. The van der Waals surface area contributed by atoms with Crippen LogP contribution in [0, 0.1) is 35.5 Å². The summed E-state index contributed by atoms with van der Waals surface area (Å²) < 4.78 is 0. The molecule has 0 bridgehead atoms. The maximum Gasteiger partial charge on any atom is 0.204 e. The van der Waals surface area contributed by atoms with Gasteiger partial charge in [-0.15, -0.1) is 0 Å². The second-order valence-corrected chi connectivity index (χ2v) is 14.2. The molecule has 40 heavy (non-hydrogen) atoms. The zero-order valence-electron chi connectivity index (χ0n) is 27.4. The van der Waals surface area contributed by atoms with E-state index in [4.69, 9.17) is 0 Å². The van der Waals surface area contributed by atoms with E-state index in [1.165, 1.54) is 96.0 Å². The van der Waals surface area contributed by atoms with Crippen LogP contribution in [-0.4, -0.2) is 20.4 Å². The van der Waals surface area contributed by atoms with Gasteiger partial charge in [0, 0.05) is 5.56 Å². The van der Waals surface area contributed by atoms with Gasteiger partial charge in [0.05, 0.1) is 0 Å². The molecule has 5 atom stereocenters. The lowest BCUT2D eigenvalue weighted by molar-refractivity contribution is 0.341. The molecule has 0 aliphatic carbocycles. The fourth-order valence-electron chi connectivity index (χ4n) is 6.14. The van der Waals surface area contributed by atoms with Crippen LogP contribution in [0.5, 0.6) is 23.0 Å². The molecule has 0 saturated heterocycles. The van der Waals surface area contributed by atoms with Gasteiger partial charge in [0.2, 0.25) is 11.5 Å². The summed E-state index contributed by atoms with van der Waals surface area (Å²) in [5.74, 6) is 2.73. The molecule has 0 spiro atoms. The molecule has 1 rings (SSSR count). The van der Waals surface area contributed by atoms with E-state index in [-0.39, 0.29) is 11.5 Å². The number of aryl methyl sites for hydroxylation is 1. The van der Waals surface area contributed by atoms with Gasteiger partial charge in [0.15, 0.2) is 11.5 Å². The van der Waals surface area contributed by atoms with Gasteiger partial charge in [-0.25, -0.2) is 0 Å². The van der Waals surface area contributed by atoms with Gasteiger partial charge in [-0.2, -0.15) is 0 Å². The Balaban J connectivity index is 2.07. The highest BCUT2D eigenvalue weighted by Gasteiger charge is 2.17. The van der Waals surface area contributed by atoms with Gasteiger partial charge < -0.3 is 20.4 Å². The minimum absolute atomic E-state index is 0.326. The Morgan fingerprint density at radius 1 is 0.425 bits per heavy atom. The van der Waals surface area contributed by atoms with E-state index in [1.807, 2.05) is 0 Å². The standard InChI is InChI=1S/C36H66O4/c1-26(2)13-8-14-27(3)15-9-16-28(4)17-10-18-29(5)19-11-20-30(6)21-12-22-31(7)23-24-32-25-33(37)35(39)36(40)34(32)38/h25-31,37-40H,8-24H2,1-7H3. The second-order valence-electron chi connectivity index (χ2n) is 14.2. The molecule has 0 saturated carbocycles. The minimum Gasteiger partial charge on any atom is -0.504 e. The normalized spacial score (nSPS) is 15.7. The molecule has 4 nitrogen and oxygen atoms in total. The lowest BCUT2D eigenvalue weighted by Gasteiger charge is -2.17. The number of phenols is 4. The maximum absolute atomic E-state index is 10.0. The van der Waals surface area contributed by atoms with Crippen LogP contribution in [0.1, 0.15) is 157 Å². The van der Waals surface area contributed by atoms with Gasteiger partial charge in [0.1, 0.15) is 0 Å². The smallest absolute Gasteiger partial charge is 0.204 e. The van der Waals surface area contributed by atoms with Crippen LogP contribution in [-0.2, 0) is 6.42 Å². The quantitative estimate of drug-likeness (QED) is 0.0789. The Kier molecular flexibility index (Phi) is 18.5. The summed E-state index contributed by atoms with van der Waals surface area (Å²) in [6.07, 6.45) is 21.7. The van der Waals surface area contributed by atoms with Gasteiger partial charge in [0.25, 0.3) is 0 Å². The number of benzene rings is 1. The first-order valence-corrected chi connectivity index (χ1v) is 16.9. The third-order valence-corrected chi connectivity index (χ3v) is 9.27. The highest BCUT2D eigenvalue weighted by Crippen LogP contribution is 2.44. The second kappa shape index (κ2) is 20.3. The molecule has 0 aliphatic rings. The summed E-state index contributed by atoms with van der Waals surface area (Å²) in [6.45, 7) is 16.6. The van der Waals surface area contributed by atoms with Gasteiger partial charge in [-0.05, 0) is 54.4 Å². The fraction of sp³-hybridized carbons (Fsp3) is 0.833. The third-order valence-electron chi connectivity index (χ3n) is 9.27. The summed E-state index contributed by atoms with van der Waals surface area (Å²) in [7, 11) is 0. The van der Waals surface area contributed by atoms with E-state index >= 15 is 0 Å². The molecule has 4 heteroatoms. The Morgan fingerprint density at radius 3 is 1.10 bits per heavy atom. The van der Waals surface area contributed by atoms with Crippen LogP contribution in [0.2, 0.25) is 0 Å². The number of aromatic hydroxyl groups is 4. The number of phenolic OH excluding ortho intramolecular Hbond substituents is 4. The Hall–Kier alpha value is -1.58. The molecular formula is C36H66O4. The van der Waals surface area contributed by atoms with E-state index in [0.717, 1.165) is 42.4 Å². The van der Waals surface area contributed by atoms with E-state index < -0.39 is 11.5 Å². The molecule has 1 aromatic carbocycles. The summed E-state index contributed by atoms with van der Waals surface area (Å²) in [5.41, 5.74) is 0.481. The van der Waals surface area contributed by atoms with Crippen LogP contribution in [0.25, 0.3) is 0 Å². The fourth-order valence-corrected chi connectivity index (χ4v) is 6.14. The van der Waals surface area contributed by atoms with Crippen molar-refractivity contribution in [2.45, 2.75) is 158 Å². The van der Waals surface area contributed by atoms with E-state index in [2.05, 4.69) is 48.5 Å². The first kappa shape index (κ1) is 36.4. The van der Waals surface area contributed by atoms with Crippen LogP contribution in [0.15, 0.2) is 6.07 Å². The summed E-state index contributed by atoms with van der Waals surface area (Å²) in [6, 6.07) is 1.35. The maximum atomic E-state index is 10.0. The predicted octanol–water partition coefficient (Wildman–Crippen LogP) is 11.1. The van der Waals surface area contributed by atoms with Crippen molar-refractivity contribution >= 4 is 0 Å². The van der Waals surface area contributed by atoms with Gasteiger partial charge >= 0.3 is 0 Å². The average Bonchev–Trinajstić information content (AvgIpc) is 2.88. The van der Waals surface area contributed by atoms with Crippen molar-refractivity contribution < 1.29 is 20.4 Å². The molecule has 1 aromatic rings. The highest BCUT2D eigenvalue weighted by molar-refractivity contribution is 5.60. The molecular weight excluding hydrogens is 496 g/mol. The van der Waals surface area contributed by atoms with Crippen molar-refractivity contribution in [3.63, 3.8) is 0 Å². The largest absolute Gasteiger partial charge is 0.504 e. The summed E-state index contributed by atoms with van der Waals surface area (Å²) >= 11 is 0. The third kappa shape index (κ3) is 16.0. The van der Waals surface area contributed by atoms with Crippen molar-refractivity contribution in [3.05, 3.63) is 11.6 Å². The van der Waals surface area contributed by atoms with Crippen LogP contribution in [0.4, 0.5) is 0 Å². The first-order chi connectivity index (χ1) is 18.9. The number of rotatable bonds is 23.